The Labute approximate surface area is 111 Å². The number of hydrogen-bond acceptors (Lipinski definition) is 3. The number of benzene rings is 1. The summed E-state index contributed by atoms with van der Waals surface area (Å²) in [5.41, 5.74) is -0.256. The smallest absolute Gasteiger partial charge is 0.335 e. The van der Waals surface area contributed by atoms with E-state index in [4.69, 9.17) is 9.84 Å². The minimum Gasteiger partial charge on any atom is -0.478 e. The van der Waals surface area contributed by atoms with E-state index in [1.54, 1.807) is 12.1 Å². The first kappa shape index (κ1) is 13.4. The molecule has 5 heteroatoms. The highest BCUT2D eigenvalue weighted by atomic mass is 16.5. The molecule has 1 aliphatic rings. The van der Waals surface area contributed by atoms with Crippen LogP contribution in [0.3, 0.4) is 0 Å². The van der Waals surface area contributed by atoms with Crippen LogP contribution in [-0.4, -0.2) is 23.2 Å². The molecule has 1 saturated heterocycles. The summed E-state index contributed by atoms with van der Waals surface area (Å²) in [6.07, 6.45) is 1.09. The normalized spacial score (nSPS) is 20.3. The Morgan fingerprint density at radius 3 is 2.32 bits per heavy atom. The lowest BCUT2D eigenvalue weighted by atomic mass is 9.73. The highest BCUT2D eigenvalue weighted by Crippen LogP contribution is 2.39. The average Bonchev–Trinajstić information content (AvgIpc) is 2.40. The SMILES string of the molecule is CCC1(CC)C(=O)N[C@H]1Oc1ccc(C(=O)O)cc1. The molecule has 0 spiro atoms. The van der Waals surface area contributed by atoms with Gasteiger partial charge in [0.15, 0.2) is 6.23 Å². The molecule has 5 nitrogen and oxygen atoms in total. The molecule has 0 radical (unpaired) electrons. The molecule has 0 aromatic heterocycles. The van der Waals surface area contributed by atoms with Crippen molar-refractivity contribution in [2.75, 3.05) is 0 Å². The number of ether oxygens (including phenoxy) is 1. The topological polar surface area (TPSA) is 75.6 Å². The van der Waals surface area contributed by atoms with Gasteiger partial charge >= 0.3 is 5.97 Å². The Morgan fingerprint density at radius 1 is 1.32 bits per heavy atom. The van der Waals surface area contributed by atoms with E-state index in [0.29, 0.717) is 18.6 Å². The fourth-order valence-corrected chi connectivity index (χ4v) is 2.34. The van der Waals surface area contributed by atoms with Crippen molar-refractivity contribution in [1.82, 2.24) is 5.32 Å². The van der Waals surface area contributed by atoms with Gasteiger partial charge in [0.2, 0.25) is 5.91 Å². The van der Waals surface area contributed by atoms with Crippen LogP contribution in [0, 0.1) is 5.41 Å². The van der Waals surface area contributed by atoms with Gasteiger partial charge in [0.05, 0.1) is 5.56 Å². The van der Waals surface area contributed by atoms with Gasteiger partial charge in [0.1, 0.15) is 11.2 Å². The van der Waals surface area contributed by atoms with E-state index in [1.807, 2.05) is 13.8 Å². The van der Waals surface area contributed by atoms with E-state index in [2.05, 4.69) is 5.32 Å². The van der Waals surface area contributed by atoms with Crippen LogP contribution < -0.4 is 10.1 Å². The molecule has 1 aliphatic heterocycles. The molecule has 0 aliphatic carbocycles. The van der Waals surface area contributed by atoms with Gasteiger partial charge in [-0.1, -0.05) is 13.8 Å². The zero-order valence-electron chi connectivity index (χ0n) is 11.0. The highest BCUT2D eigenvalue weighted by Gasteiger charge is 2.54. The number of rotatable bonds is 5. The molecule has 2 rings (SSSR count). The van der Waals surface area contributed by atoms with Gasteiger partial charge < -0.3 is 15.2 Å². The van der Waals surface area contributed by atoms with Crippen molar-refractivity contribution in [3.8, 4) is 5.75 Å². The fourth-order valence-electron chi connectivity index (χ4n) is 2.34. The molecule has 1 aromatic carbocycles. The molecule has 0 bridgehead atoms. The minimum absolute atomic E-state index is 0.0182. The summed E-state index contributed by atoms with van der Waals surface area (Å²) in [6, 6.07) is 6.17. The first-order valence-electron chi connectivity index (χ1n) is 6.34. The van der Waals surface area contributed by atoms with Gasteiger partial charge in [-0.25, -0.2) is 4.79 Å². The van der Waals surface area contributed by atoms with Crippen LogP contribution in [0.15, 0.2) is 24.3 Å². The van der Waals surface area contributed by atoms with Crippen molar-refractivity contribution in [2.24, 2.45) is 5.41 Å². The highest BCUT2D eigenvalue weighted by molar-refractivity contribution is 5.89. The lowest BCUT2D eigenvalue weighted by Crippen LogP contribution is -2.69. The molecule has 1 aromatic rings. The van der Waals surface area contributed by atoms with Crippen LogP contribution in [0.4, 0.5) is 0 Å². The van der Waals surface area contributed by atoms with Gasteiger partial charge in [-0.3, -0.25) is 4.79 Å². The number of hydrogen-bond donors (Lipinski definition) is 2. The number of nitrogens with one attached hydrogen (secondary N) is 1. The number of carbonyl (C=O) groups is 2. The predicted molar refractivity (Wildman–Crippen MR) is 69.0 cm³/mol. The van der Waals surface area contributed by atoms with E-state index in [-0.39, 0.29) is 17.7 Å². The van der Waals surface area contributed by atoms with Crippen molar-refractivity contribution < 1.29 is 19.4 Å². The molecule has 1 fully saturated rings. The molecule has 1 heterocycles. The molecule has 19 heavy (non-hydrogen) atoms. The second-order valence-corrected chi connectivity index (χ2v) is 4.66. The monoisotopic (exact) mass is 263 g/mol. The second-order valence-electron chi connectivity index (χ2n) is 4.66. The van der Waals surface area contributed by atoms with E-state index in [0.717, 1.165) is 0 Å². The Bertz CT molecular complexity index is 491. The lowest BCUT2D eigenvalue weighted by Gasteiger charge is -2.47. The Hall–Kier alpha value is -2.04. The molecule has 0 saturated carbocycles. The lowest BCUT2D eigenvalue weighted by molar-refractivity contribution is -0.161. The maximum atomic E-state index is 11.7. The summed E-state index contributed by atoms with van der Waals surface area (Å²) < 4.78 is 5.73. The van der Waals surface area contributed by atoms with Crippen LogP contribution in [0.2, 0.25) is 0 Å². The van der Waals surface area contributed by atoms with E-state index in [9.17, 15) is 9.59 Å². The second kappa shape index (κ2) is 4.91. The Kier molecular flexibility index (Phi) is 3.46. The van der Waals surface area contributed by atoms with E-state index in [1.165, 1.54) is 12.1 Å². The number of carboxylic acids is 1. The summed E-state index contributed by atoms with van der Waals surface area (Å²) in [6.45, 7) is 3.93. The predicted octanol–water partition coefficient (Wildman–Crippen LogP) is 2.03. The molecule has 102 valence electrons. The van der Waals surface area contributed by atoms with Crippen LogP contribution in [0.1, 0.15) is 37.0 Å². The maximum absolute atomic E-state index is 11.7. The summed E-state index contributed by atoms with van der Waals surface area (Å²) in [5, 5.41) is 11.6. The van der Waals surface area contributed by atoms with Gasteiger partial charge in [-0.2, -0.15) is 0 Å². The fraction of sp³-hybridized carbons (Fsp3) is 0.429. The number of β-lactam (4-membered cyclic amide) rings is 1. The summed E-state index contributed by atoms with van der Waals surface area (Å²) in [7, 11) is 0. The minimum atomic E-state index is -0.972. The summed E-state index contributed by atoms with van der Waals surface area (Å²) >= 11 is 0. The quantitative estimate of drug-likeness (QED) is 0.797. The zero-order chi connectivity index (χ0) is 14.0. The largest absolute Gasteiger partial charge is 0.478 e. The van der Waals surface area contributed by atoms with Crippen LogP contribution in [-0.2, 0) is 4.79 Å². The van der Waals surface area contributed by atoms with E-state index >= 15 is 0 Å². The standard InChI is InChI=1S/C14H17NO4/c1-3-14(4-2)12(18)15-13(14)19-10-7-5-9(6-8-10)11(16)17/h5-8,13H,3-4H2,1-2H3,(H,15,18)(H,16,17)/t13-/m0/s1. The maximum Gasteiger partial charge on any atom is 0.335 e. The Morgan fingerprint density at radius 2 is 1.89 bits per heavy atom. The van der Waals surface area contributed by atoms with Gasteiger partial charge in [0, 0.05) is 0 Å². The van der Waals surface area contributed by atoms with Crippen LogP contribution >= 0.6 is 0 Å². The number of amides is 1. The Balaban J connectivity index is 2.10. The molecular weight excluding hydrogens is 246 g/mol. The third kappa shape index (κ3) is 2.16. The van der Waals surface area contributed by atoms with Crippen LogP contribution in [0.5, 0.6) is 5.75 Å². The average molecular weight is 263 g/mol. The number of carbonyl (C=O) groups excluding carboxylic acids is 1. The van der Waals surface area contributed by atoms with Gasteiger partial charge in [-0.05, 0) is 37.1 Å². The molecule has 1 amide bonds. The van der Waals surface area contributed by atoms with Crippen molar-refractivity contribution in [3.05, 3.63) is 29.8 Å². The van der Waals surface area contributed by atoms with E-state index < -0.39 is 11.4 Å². The third-order valence-corrected chi connectivity index (χ3v) is 3.83. The first-order chi connectivity index (χ1) is 9.03. The number of carboxylic acid groups (broad SMARTS) is 1. The number of aromatic carboxylic acids is 1. The summed E-state index contributed by atoms with van der Waals surface area (Å²) in [5.74, 6) is -0.397. The summed E-state index contributed by atoms with van der Waals surface area (Å²) in [4.78, 5) is 22.4. The third-order valence-electron chi connectivity index (χ3n) is 3.83. The van der Waals surface area contributed by atoms with Gasteiger partial charge in [-0.15, -0.1) is 0 Å². The molecule has 2 N–H and O–H groups in total. The van der Waals surface area contributed by atoms with Crippen molar-refractivity contribution in [3.63, 3.8) is 0 Å². The van der Waals surface area contributed by atoms with Crippen molar-refractivity contribution >= 4 is 11.9 Å². The zero-order valence-corrected chi connectivity index (χ0v) is 11.0. The van der Waals surface area contributed by atoms with Crippen molar-refractivity contribution in [1.29, 1.82) is 0 Å². The molecular formula is C14H17NO4. The van der Waals surface area contributed by atoms with Crippen LogP contribution in [0.25, 0.3) is 0 Å². The van der Waals surface area contributed by atoms with Gasteiger partial charge in [0.25, 0.3) is 0 Å². The first-order valence-corrected chi connectivity index (χ1v) is 6.34. The molecule has 0 unspecified atom stereocenters. The molecule has 1 atom stereocenters. The van der Waals surface area contributed by atoms with Crippen molar-refractivity contribution in [2.45, 2.75) is 32.9 Å².